The molecule has 1 aliphatic rings. The molecule has 10 heteroatoms. The molecule has 26 heavy (non-hydrogen) atoms. The molecule has 2 aromatic rings. The highest BCUT2D eigenvalue weighted by Gasteiger charge is 2.19. The van der Waals surface area contributed by atoms with Crippen molar-refractivity contribution in [3.63, 3.8) is 0 Å². The molecular weight excluding hydrogens is 379 g/mol. The van der Waals surface area contributed by atoms with Gasteiger partial charge in [-0.3, -0.25) is 9.59 Å². The topological polar surface area (TPSA) is 101 Å². The summed E-state index contributed by atoms with van der Waals surface area (Å²) < 4.78 is 1.73. The maximum absolute atomic E-state index is 12.1. The third-order valence-corrected chi connectivity index (χ3v) is 4.22. The van der Waals surface area contributed by atoms with Crippen LogP contribution < -0.4 is 16.0 Å². The van der Waals surface area contributed by atoms with Crippen molar-refractivity contribution in [1.29, 1.82) is 0 Å². The first-order valence-corrected chi connectivity index (χ1v) is 8.46. The number of carbonyl (C=O) groups is 2. The Morgan fingerprint density at radius 3 is 2.62 bits per heavy atom. The fraction of sp³-hybridized carbons (Fsp3) is 0.375. The molecule has 0 spiro atoms. The van der Waals surface area contributed by atoms with Crippen LogP contribution >= 0.6 is 24.0 Å². The molecule has 2 heterocycles. The molecule has 1 fully saturated rings. The van der Waals surface area contributed by atoms with Gasteiger partial charge in [-0.05, 0) is 50.2 Å². The molecule has 1 aromatic heterocycles. The average molecular weight is 399 g/mol. The van der Waals surface area contributed by atoms with E-state index in [1.807, 2.05) is 0 Å². The van der Waals surface area contributed by atoms with E-state index in [0.717, 1.165) is 25.9 Å². The number of hydrogen-bond acceptors (Lipinski definition) is 5. The Balaban J connectivity index is 0.00000243. The summed E-state index contributed by atoms with van der Waals surface area (Å²) in [6.07, 6.45) is 3.53. The second kappa shape index (κ2) is 9.51. The van der Waals surface area contributed by atoms with Crippen molar-refractivity contribution in [3.8, 4) is 0 Å². The van der Waals surface area contributed by atoms with Crippen LogP contribution in [-0.4, -0.2) is 46.4 Å². The summed E-state index contributed by atoms with van der Waals surface area (Å²) >= 11 is 5.79. The largest absolute Gasteiger partial charge is 0.342 e. The number of benzene rings is 1. The van der Waals surface area contributed by atoms with E-state index in [9.17, 15) is 9.59 Å². The molecule has 0 aliphatic carbocycles. The average Bonchev–Trinajstić information content (AvgIpc) is 3.13. The molecule has 0 unspecified atom stereocenters. The van der Waals surface area contributed by atoms with Crippen LogP contribution in [0.1, 0.15) is 29.4 Å². The summed E-state index contributed by atoms with van der Waals surface area (Å²) in [6.45, 7) is 1.70. The van der Waals surface area contributed by atoms with Crippen LogP contribution in [0.15, 0.2) is 30.5 Å². The Kier molecular flexibility index (Phi) is 7.38. The molecule has 1 aliphatic heterocycles. The van der Waals surface area contributed by atoms with Crippen molar-refractivity contribution in [1.82, 2.24) is 25.6 Å². The van der Waals surface area contributed by atoms with Gasteiger partial charge in [-0.15, -0.1) is 17.5 Å². The summed E-state index contributed by atoms with van der Waals surface area (Å²) in [5.41, 5.74) is 0.818. The number of anilines is 1. The minimum atomic E-state index is -0.425. The van der Waals surface area contributed by atoms with Crippen LogP contribution in [-0.2, 0) is 4.79 Å². The predicted octanol–water partition coefficient (Wildman–Crippen LogP) is 1.65. The lowest BCUT2D eigenvalue weighted by molar-refractivity contribution is -0.115. The van der Waals surface area contributed by atoms with Gasteiger partial charge in [-0.2, -0.15) is 0 Å². The van der Waals surface area contributed by atoms with Gasteiger partial charge in [0.2, 0.25) is 5.91 Å². The number of amides is 2. The van der Waals surface area contributed by atoms with Gasteiger partial charge < -0.3 is 16.0 Å². The van der Waals surface area contributed by atoms with Crippen LogP contribution in [0.4, 0.5) is 5.69 Å². The number of hydrogen-bond donors (Lipinski definition) is 3. The second-order valence-corrected chi connectivity index (χ2v) is 6.24. The number of aromatic nitrogens is 3. The Morgan fingerprint density at radius 2 is 1.92 bits per heavy atom. The number of rotatable bonds is 5. The van der Waals surface area contributed by atoms with Crippen molar-refractivity contribution in [2.45, 2.75) is 18.9 Å². The van der Waals surface area contributed by atoms with Crippen LogP contribution in [0.25, 0.3) is 0 Å². The molecule has 0 atom stereocenters. The first-order valence-electron chi connectivity index (χ1n) is 8.08. The monoisotopic (exact) mass is 398 g/mol. The summed E-state index contributed by atoms with van der Waals surface area (Å²) in [7, 11) is 0. The smallest absolute Gasteiger partial charge is 0.273 e. The Bertz CT molecular complexity index is 743. The summed E-state index contributed by atoms with van der Waals surface area (Å²) in [4.78, 5) is 24.0. The minimum Gasteiger partial charge on any atom is -0.342 e. The van der Waals surface area contributed by atoms with Crippen LogP contribution in [0.5, 0.6) is 0 Å². The van der Waals surface area contributed by atoms with Crippen LogP contribution in [0.2, 0.25) is 5.02 Å². The standard InChI is InChI=1S/C16H19ClN6O2.ClH/c17-11-1-3-12(4-2-11)20-15(24)9-19-16(25)14-10-23(22-21-14)13-5-7-18-8-6-13;/h1-4,10,13,18H,5-9H2,(H,19,25)(H,20,24);1H. The fourth-order valence-corrected chi connectivity index (χ4v) is 2.75. The maximum atomic E-state index is 12.1. The molecule has 3 rings (SSSR count). The molecule has 140 valence electrons. The van der Waals surface area contributed by atoms with Gasteiger partial charge in [0.05, 0.1) is 18.8 Å². The van der Waals surface area contributed by atoms with Gasteiger partial charge in [-0.25, -0.2) is 4.68 Å². The van der Waals surface area contributed by atoms with Crippen LogP contribution in [0.3, 0.4) is 0 Å². The molecule has 0 radical (unpaired) electrons. The van der Waals surface area contributed by atoms with Crippen molar-refractivity contribution in [2.75, 3.05) is 25.0 Å². The Labute approximate surface area is 162 Å². The molecule has 3 N–H and O–H groups in total. The zero-order valence-corrected chi connectivity index (χ0v) is 15.5. The van der Waals surface area contributed by atoms with E-state index >= 15 is 0 Å². The molecule has 0 bridgehead atoms. The number of carbonyl (C=O) groups excluding carboxylic acids is 2. The lowest BCUT2D eigenvalue weighted by atomic mass is 10.1. The third kappa shape index (κ3) is 5.42. The zero-order valence-electron chi connectivity index (χ0n) is 13.9. The predicted molar refractivity (Wildman–Crippen MR) is 101 cm³/mol. The Morgan fingerprint density at radius 1 is 1.23 bits per heavy atom. The number of nitrogens with one attached hydrogen (secondary N) is 3. The van der Waals surface area contributed by atoms with Crippen molar-refractivity contribution in [2.24, 2.45) is 0 Å². The first kappa shape index (κ1) is 20.2. The molecule has 1 saturated heterocycles. The van der Waals surface area contributed by atoms with E-state index in [1.165, 1.54) is 0 Å². The first-order chi connectivity index (χ1) is 12.1. The zero-order chi connectivity index (χ0) is 17.6. The van der Waals surface area contributed by atoms with E-state index < -0.39 is 5.91 Å². The number of piperidine rings is 1. The van der Waals surface area contributed by atoms with Gasteiger partial charge in [0.15, 0.2) is 5.69 Å². The summed E-state index contributed by atoms with van der Waals surface area (Å²) in [5.74, 6) is -0.757. The number of nitrogens with zero attached hydrogens (tertiary/aromatic N) is 3. The van der Waals surface area contributed by atoms with Gasteiger partial charge in [0.1, 0.15) is 0 Å². The van der Waals surface area contributed by atoms with Crippen molar-refractivity contribution in [3.05, 3.63) is 41.2 Å². The summed E-state index contributed by atoms with van der Waals surface area (Å²) in [5, 5.41) is 17.0. The molecule has 8 nitrogen and oxygen atoms in total. The fourth-order valence-electron chi connectivity index (χ4n) is 2.62. The third-order valence-electron chi connectivity index (χ3n) is 3.96. The minimum absolute atomic E-state index is 0. The molecular formula is C16H20Cl2N6O2. The quantitative estimate of drug-likeness (QED) is 0.710. The SMILES string of the molecule is Cl.O=C(CNC(=O)c1cn(C2CCNCC2)nn1)Nc1ccc(Cl)cc1. The van der Waals surface area contributed by atoms with E-state index in [4.69, 9.17) is 11.6 Å². The van der Waals surface area contributed by atoms with Crippen molar-refractivity contribution >= 4 is 41.5 Å². The summed E-state index contributed by atoms with van der Waals surface area (Å²) in [6, 6.07) is 6.98. The van der Waals surface area contributed by atoms with E-state index in [-0.39, 0.29) is 36.6 Å². The number of halogens is 2. The second-order valence-electron chi connectivity index (χ2n) is 5.80. The van der Waals surface area contributed by atoms with Crippen LogP contribution in [0, 0.1) is 0 Å². The molecule has 0 saturated carbocycles. The normalized spacial score (nSPS) is 14.3. The molecule has 1 aromatic carbocycles. The maximum Gasteiger partial charge on any atom is 0.273 e. The van der Waals surface area contributed by atoms with E-state index in [1.54, 1.807) is 35.1 Å². The highest BCUT2D eigenvalue weighted by molar-refractivity contribution is 6.30. The highest BCUT2D eigenvalue weighted by Crippen LogP contribution is 2.17. The van der Waals surface area contributed by atoms with E-state index in [2.05, 4.69) is 26.3 Å². The lowest BCUT2D eigenvalue weighted by Crippen LogP contribution is -2.33. The van der Waals surface area contributed by atoms with Gasteiger partial charge >= 0.3 is 0 Å². The highest BCUT2D eigenvalue weighted by atomic mass is 35.5. The van der Waals surface area contributed by atoms with Gasteiger partial charge in [0, 0.05) is 10.7 Å². The molecule has 2 amide bonds. The van der Waals surface area contributed by atoms with Crippen molar-refractivity contribution < 1.29 is 9.59 Å². The van der Waals surface area contributed by atoms with Gasteiger partial charge in [-0.1, -0.05) is 16.8 Å². The van der Waals surface area contributed by atoms with E-state index in [0.29, 0.717) is 10.7 Å². The Hall–Kier alpha value is -2.16. The lowest BCUT2D eigenvalue weighted by Gasteiger charge is -2.22. The van der Waals surface area contributed by atoms with Gasteiger partial charge in [0.25, 0.3) is 5.91 Å².